The third-order valence-corrected chi connectivity index (χ3v) is 7.64. The highest BCUT2D eigenvalue weighted by Crippen LogP contribution is 2.27. The number of hydrogen-bond acceptors (Lipinski definition) is 6. The summed E-state index contributed by atoms with van der Waals surface area (Å²) in [6.45, 7) is 5.42. The number of halogens is 1. The SMILES string of the molecule is Cc1c(Cn2ncc(N3CCNCC3)c(Cl)c2=O)cccc1NC(=O)c1cccc(-c2cccs2)c1. The standard InChI is InChI=1S/C27H26ClN5O2S/c1-18-21(17-33-27(35)25(28)23(16-30-33)32-12-10-29-11-13-32)7-3-8-22(18)31-26(34)20-6-2-5-19(15-20)24-9-4-14-36-24/h2-9,14-16,29H,10-13,17H2,1H3,(H,31,34). The Kier molecular flexibility index (Phi) is 7.18. The lowest BCUT2D eigenvalue weighted by Crippen LogP contribution is -2.44. The van der Waals surface area contributed by atoms with E-state index in [-0.39, 0.29) is 23.0 Å². The van der Waals surface area contributed by atoms with E-state index in [4.69, 9.17) is 11.6 Å². The molecule has 0 unspecified atom stereocenters. The molecule has 0 saturated carbocycles. The van der Waals surface area contributed by atoms with E-state index in [2.05, 4.69) is 20.6 Å². The molecule has 0 radical (unpaired) electrons. The molecule has 2 aromatic carbocycles. The molecule has 7 nitrogen and oxygen atoms in total. The zero-order chi connectivity index (χ0) is 25.1. The number of rotatable bonds is 6. The van der Waals surface area contributed by atoms with Gasteiger partial charge in [-0.2, -0.15) is 5.10 Å². The molecule has 5 rings (SSSR count). The normalized spacial score (nSPS) is 13.6. The van der Waals surface area contributed by atoms with Crippen molar-refractivity contribution in [3.05, 3.63) is 98.2 Å². The minimum absolute atomic E-state index is 0.180. The van der Waals surface area contributed by atoms with E-state index in [9.17, 15) is 9.59 Å². The summed E-state index contributed by atoms with van der Waals surface area (Å²) in [6, 6.07) is 17.3. The van der Waals surface area contributed by atoms with E-state index in [0.29, 0.717) is 16.9 Å². The van der Waals surface area contributed by atoms with E-state index in [1.165, 1.54) is 4.68 Å². The first kappa shape index (κ1) is 24.2. The number of aromatic nitrogens is 2. The van der Waals surface area contributed by atoms with Crippen molar-refractivity contribution >= 4 is 40.2 Å². The van der Waals surface area contributed by atoms with Crippen LogP contribution in [0.2, 0.25) is 5.02 Å². The van der Waals surface area contributed by atoms with Crippen LogP contribution in [0.25, 0.3) is 10.4 Å². The monoisotopic (exact) mass is 519 g/mol. The molecule has 0 aliphatic carbocycles. The van der Waals surface area contributed by atoms with Crippen LogP contribution in [0, 0.1) is 6.92 Å². The van der Waals surface area contributed by atoms with Gasteiger partial charge in [0.15, 0.2) is 0 Å². The molecule has 0 spiro atoms. The highest BCUT2D eigenvalue weighted by molar-refractivity contribution is 7.13. The molecule has 9 heteroatoms. The summed E-state index contributed by atoms with van der Waals surface area (Å²) in [5.41, 5.74) is 4.37. The number of piperazine rings is 1. The lowest BCUT2D eigenvalue weighted by atomic mass is 10.1. The Morgan fingerprint density at radius 1 is 1.14 bits per heavy atom. The summed E-state index contributed by atoms with van der Waals surface area (Å²) in [4.78, 5) is 29.2. The van der Waals surface area contributed by atoms with E-state index < -0.39 is 0 Å². The van der Waals surface area contributed by atoms with E-state index >= 15 is 0 Å². The number of benzene rings is 2. The Hall–Kier alpha value is -3.46. The molecule has 36 heavy (non-hydrogen) atoms. The molecular formula is C27H26ClN5O2S. The molecular weight excluding hydrogens is 494 g/mol. The third-order valence-electron chi connectivity index (χ3n) is 6.37. The Morgan fingerprint density at radius 2 is 1.94 bits per heavy atom. The number of carbonyl (C=O) groups excluding carboxylic acids is 1. The number of hydrogen-bond donors (Lipinski definition) is 2. The van der Waals surface area contributed by atoms with E-state index in [1.54, 1.807) is 23.6 Å². The molecule has 0 atom stereocenters. The fourth-order valence-electron chi connectivity index (χ4n) is 4.30. The quantitative estimate of drug-likeness (QED) is 0.388. The molecule has 3 heterocycles. The van der Waals surface area contributed by atoms with Crippen LogP contribution in [-0.4, -0.2) is 41.9 Å². The number of amides is 1. The van der Waals surface area contributed by atoms with Gasteiger partial charge in [-0.1, -0.05) is 41.9 Å². The van der Waals surface area contributed by atoms with Gasteiger partial charge in [-0.05, 0) is 53.3 Å². The molecule has 2 N–H and O–H groups in total. The second-order valence-electron chi connectivity index (χ2n) is 8.65. The van der Waals surface area contributed by atoms with Crippen molar-refractivity contribution in [2.75, 3.05) is 36.4 Å². The van der Waals surface area contributed by atoms with Gasteiger partial charge in [0.05, 0.1) is 18.4 Å². The smallest absolute Gasteiger partial charge is 0.287 e. The Balaban J connectivity index is 1.35. The van der Waals surface area contributed by atoms with Crippen molar-refractivity contribution in [2.45, 2.75) is 13.5 Å². The first-order valence-corrected chi connectivity index (χ1v) is 13.0. The van der Waals surface area contributed by atoms with Crippen LogP contribution in [-0.2, 0) is 6.54 Å². The second-order valence-corrected chi connectivity index (χ2v) is 9.97. The largest absolute Gasteiger partial charge is 0.366 e. The minimum Gasteiger partial charge on any atom is -0.366 e. The molecule has 1 aliphatic heterocycles. The van der Waals surface area contributed by atoms with Gasteiger partial charge in [-0.25, -0.2) is 4.68 Å². The number of nitrogens with one attached hydrogen (secondary N) is 2. The average molecular weight is 520 g/mol. The van der Waals surface area contributed by atoms with Crippen molar-refractivity contribution in [2.24, 2.45) is 0 Å². The van der Waals surface area contributed by atoms with Crippen LogP contribution in [0.4, 0.5) is 11.4 Å². The molecule has 184 valence electrons. The topological polar surface area (TPSA) is 79.3 Å². The Labute approximate surface area is 218 Å². The van der Waals surface area contributed by atoms with Gasteiger partial charge in [0.1, 0.15) is 5.02 Å². The summed E-state index contributed by atoms with van der Waals surface area (Å²) in [6.07, 6.45) is 1.66. The van der Waals surface area contributed by atoms with Gasteiger partial charge in [0, 0.05) is 42.3 Å². The van der Waals surface area contributed by atoms with Gasteiger partial charge < -0.3 is 15.5 Å². The second kappa shape index (κ2) is 10.7. The Morgan fingerprint density at radius 3 is 2.72 bits per heavy atom. The molecule has 1 saturated heterocycles. The maximum absolute atomic E-state index is 13.0. The van der Waals surface area contributed by atoms with Gasteiger partial charge >= 0.3 is 0 Å². The van der Waals surface area contributed by atoms with Gasteiger partial charge in [0.25, 0.3) is 11.5 Å². The van der Waals surface area contributed by atoms with Crippen molar-refractivity contribution in [3.63, 3.8) is 0 Å². The first-order chi connectivity index (χ1) is 17.5. The van der Waals surface area contributed by atoms with Crippen molar-refractivity contribution in [1.82, 2.24) is 15.1 Å². The summed E-state index contributed by atoms with van der Waals surface area (Å²) in [5, 5.41) is 12.9. The first-order valence-electron chi connectivity index (χ1n) is 11.8. The lowest BCUT2D eigenvalue weighted by molar-refractivity contribution is 0.102. The predicted octanol–water partition coefficient (Wildman–Crippen LogP) is 4.64. The molecule has 2 aromatic heterocycles. The number of nitrogens with zero attached hydrogens (tertiary/aromatic N) is 3. The van der Waals surface area contributed by atoms with Crippen LogP contribution >= 0.6 is 22.9 Å². The highest BCUT2D eigenvalue weighted by atomic mass is 35.5. The third kappa shape index (κ3) is 5.06. The average Bonchev–Trinajstić information content (AvgIpc) is 3.45. The van der Waals surface area contributed by atoms with Crippen LogP contribution in [0.3, 0.4) is 0 Å². The van der Waals surface area contributed by atoms with Crippen LogP contribution in [0.5, 0.6) is 0 Å². The van der Waals surface area contributed by atoms with E-state index in [1.807, 2.05) is 60.8 Å². The fraction of sp³-hybridized carbons (Fsp3) is 0.222. The molecule has 1 aliphatic rings. The molecule has 0 bridgehead atoms. The zero-order valence-corrected chi connectivity index (χ0v) is 21.4. The Bertz CT molecular complexity index is 1450. The van der Waals surface area contributed by atoms with Crippen LogP contribution < -0.4 is 21.1 Å². The maximum Gasteiger partial charge on any atom is 0.287 e. The summed E-state index contributed by atoms with van der Waals surface area (Å²) >= 11 is 8.10. The summed E-state index contributed by atoms with van der Waals surface area (Å²) < 4.78 is 1.37. The van der Waals surface area contributed by atoms with Crippen molar-refractivity contribution < 1.29 is 4.79 Å². The number of carbonyl (C=O) groups is 1. The number of thiophene rings is 1. The highest BCUT2D eigenvalue weighted by Gasteiger charge is 2.18. The fourth-order valence-corrected chi connectivity index (χ4v) is 5.29. The summed E-state index contributed by atoms with van der Waals surface area (Å²) in [7, 11) is 0. The maximum atomic E-state index is 13.0. The zero-order valence-electron chi connectivity index (χ0n) is 19.8. The van der Waals surface area contributed by atoms with Gasteiger partial charge in [0.2, 0.25) is 0 Å². The van der Waals surface area contributed by atoms with Crippen LogP contribution in [0.1, 0.15) is 21.5 Å². The molecule has 4 aromatic rings. The van der Waals surface area contributed by atoms with Gasteiger partial charge in [-0.3, -0.25) is 9.59 Å². The van der Waals surface area contributed by atoms with Crippen molar-refractivity contribution in [3.8, 4) is 10.4 Å². The molecule has 1 fully saturated rings. The minimum atomic E-state index is -0.327. The van der Waals surface area contributed by atoms with Crippen LogP contribution in [0.15, 0.2) is 71.0 Å². The summed E-state index contributed by atoms with van der Waals surface area (Å²) in [5.74, 6) is -0.188. The number of anilines is 2. The van der Waals surface area contributed by atoms with Gasteiger partial charge in [-0.15, -0.1) is 11.3 Å². The van der Waals surface area contributed by atoms with E-state index in [0.717, 1.165) is 47.7 Å². The van der Waals surface area contributed by atoms with Crippen molar-refractivity contribution in [1.29, 1.82) is 0 Å². The lowest BCUT2D eigenvalue weighted by Gasteiger charge is -2.29. The molecule has 1 amide bonds. The predicted molar refractivity (Wildman–Crippen MR) is 147 cm³/mol.